The summed E-state index contributed by atoms with van der Waals surface area (Å²) in [6.07, 6.45) is 4.50. The predicted molar refractivity (Wildman–Crippen MR) is 141 cm³/mol. The molecule has 3 heterocycles. The van der Waals surface area contributed by atoms with Gasteiger partial charge in [0.05, 0.1) is 17.4 Å². The molecule has 3 aromatic carbocycles. The summed E-state index contributed by atoms with van der Waals surface area (Å²) in [5.41, 5.74) is 7.18. The third kappa shape index (κ3) is 5.03. The van der Waals surface area contributed by atoms with E-state index in [9.17, 15) is 5.11 Å². The molecule has 6 nitrogen and oxygen atoms in total. The van der Waals surface area contributed by atoms with E-state index in [1.807, 2.05) is 18.5 Å². The molecule has 0 aliphatic carbocycles. The standard InChI is InChI=1S/C30H33N3O3/c34-27(19-32-13-10-22-4-1-2-5-25(22)18-32)20-36-28-7-3-6-23(16-28)24-8-9-29-30(17-24)33(21-31-29)26-11-14-35-15-12-26/h1-9,16-17,21,26-27,34H,10-15,18-20H2. The van der Waals surface area contributed by atoms with E-state index in [-0.39, 0.29) is 6.61 Å². The van der Waals surface area contributed by atoms with Crippen LogP contribution in [0.1, 0.15) is 30.0 Å². The van der Waals surface area contributed by atoms with Crippen molar-refractivity contribution < 1.29 is 14.6 Å². The molecule has 0 saturated carbocycles. The number of aliphatic hydroxyl groups is 1. The summed E-state index contributed by atoms with van der Waals surface area (Å²) in [4.78, 5) is 6.93. The van der Waals surface area contributed by atoms with E-state index in [1.165, 1.54) is 11.1 Å². The molecule has 36 heavy (non-hydrogen) atoms. The van der Waals surface area contributed by atoms with Crippen LogP contribution in [0.25, 0.3) is 22.2 Å². The SMILES string of the molecule is OC(COc1cccc(-c2ccc3ncn(C4CCOCC4)c3c2)c1)CN1CCc2ccccc2C1. The van der Waals surface area contributed by atoms with Crippen LogP contribution in [0.3, 0.4) is 0 Å². The largest absolute Gasteiger partial charge is 0.491 e. The quantitative estimate of drug-likeness (QED) is 0.407. The number of hydrogen-bond donors (Lipinski definition) is 1. The fourth-order valence-corrected chi connectivity index (χ4v) is 5.48. The lowest BCUT2D eigenvalue weighted by atomic mass is 10.00. The van der Waals surface area contributed by atoms with E-state index in [4.69, 9.17) is 9.47 Å². The number of rotatable bonds is 7. The van der Waals surface area contributed by atoms with Crippen LogP contribution in [0.5, 0.6) is 5.75 Å². The second-order valence-corrected chi connectivity index (χ2v) is 9.95. The molecule has 1 aromatic heterocycles. The summed E-state index contributed by atoms with van der Waals surface area (Å²) in [6, 6.07) is 23.6. The molecule has 4 aromatic rings. The lowest BCUT2D eigenvalue weighted by Crippen LogP contribution is -2.38. The van der Waals surface area contributed by atoms with Gasteiger partial charge < -0.3 is 19.1 Å². The Morgan fingerprint density at radius 2 is 1.81 bits per heavy atom. The van der Waals surface area contributed by atoms with Gasteiger partial charge in [0.2, 0.25) is 0 Å². The number of fused-ring (bicyclic) bond motifs is 2. The van der Waals surface area contributed by atoms with Crippen molar-refractivity contribution in [2.75, 3.05) is 32.9 Å². The van der Waals surface area contributed by atoms with Gasteiger partial charge in [-0.15, -0.1) is 0 Å². The summed E-state index contributed by atoms with van der Waals surface area (Å²) in [5.74, 6) is 0.772. The van der Waals surface area contributed by atoms with E-state index >= 15 is 0 Å². The van der Waals surface area contributed by atoms with Crippen LogP contribution < -0.4 is 4.74 Å². The van der Waals surface area contributed by atoms with Crippen molar-refractivity contribution in [1.29, 1.82) is 0 Å². The number of nitrogens with zero attached hydrogens (tertiary/aromatic N) is 3. The van der Waals surface area contributed by atoms with Crippen molar-refractivity contribution in [3.63, 3.8) is 0 Å². The second-order valence-electron chi connectivity index (χ2n) is 9.95. The third-order valence-electron chi connectivity index (χ3n) is 7.45. The Hall–Kier alpha value is -3.19. The van der Waals surface area contributed by atoms with Crippen LogP contribution in [0.15, 0.2) is 73.1 Å². The van der Waals surface area contributed by atoms with Gasteiger partial charge in [0.15, 0.2) is 0 Å². The Bertz CT molecular complexity index is 1330. The lowest BCUT2D eigenvalue weighted by Gasteiger charge is -2.30. The van der Waals surface area contributed by atoms with Gasteiger partial charge in [-0.05, 0) is 65.8 Å². The lowest BCUT2D eigenvalue weighted by molar-refractivity contribution is 0.0638. The summed E-state index contributed by atoms with van der Waals surface area (Å²) in [6.45, 7) is 4.35. The van der Waals surface area contributed by atoms with Crippen molar-refractivity contribution >= 4 is 11.0 Å². The topological polar surface area (TPSA) is 59.8 Å². The van der Waals surface area contributed by atoms with E-state index in [0.29, 0.717) is 12.6 Å². The predicted octanol–water partition coefficient (Wildman–Crippen LogP) is 4.85. The van der Waals surface area contributed by atoms with Gasteiger partial charge >= 0.3 is 0 Å². The van der Waals surface area contributed by atoms with Crippen LogP contribution in [0.2, 0.25) is 0 Å². The van der Waals surface area contributed by atoms with E-state index in [2.05, 4.69) is 69.0 Å². The Morgan fingerprint density at radius 1 is 0.972 bits per heavy atom. The molecule has 6 heteroatoms. The van der Waals surface area contributed by atoms with Gasteiger partial charge in [-0.1, -0.05) is 42.5 Å². The molecular weight excluding hydrogens is 450 g/mol. The molecule has 6 rings (SSSR count). The monoisotopic (exact) mass is 483 g/mol. The molecule has 1 fully saturated rings. The van der Waals surface area contributed by atoms with E-state index in [0.717, 1.165) is 73.5 Å². The fraction of sp³-hybridized carbons (Fsp3) is 0.367. The number of imidazole rings is 1. The summed E-state index contributed by atoms with van der Waals surface area (Å²) < 4.78 is 13.9. The van der Waals surface area contributed by atoms with Crippen LogP contribution in [0.4, 0.5) is 0 Å². The molecule has 1 unspecified atom stereocenters. The number of aromatic nitrogens is 2. The maximum absolute atomic E-state index is 10.7. The molecule has 2 aliphatic heterocycles. The Balaban J connectivity index is 1.11. The Morgan fingerprint density at radius 3 is 2.69 bits per heavy atom. The molecule has 186 valence electrons. The first kappa shape index (κ1) is 23.2. The molecule has 1 atom stereocenters. The van der Waals surface area contributed by atoms with Crippen LogP contribution in [0, 0.1) is 0 Å². The van der Waals surface area contributed by atoms with Crippen molar-refractivity contribution in [3.8, 4) is 16.9 Å². The average molecular weight is 484 g/mol. The highest BCUT2D eigenvalue weighted by atomic mass is 16.5. The van der Waals surface area contributed by atoms with Gasteiger partial charge in [0, 0.05) is 38.9 Å². The maximum atomic E-state index is 10.7. The number of β-amino-alcohol motifs (C(OH)–C–C–N with tert-alkyl or cyclic N) is 1. The van der Waals surface area contributed by atoms with Crippen LogP contribution in [-0.2, 0) is 17.7 Å². The molecule has 1 N–H and O–H groups in total. The minimum Gasteiger partial charge on any atom is -0.491 e. The van der Waals surface area contributed by atoms with Gasteiger partial charge in [-0.3, -0.25) is 4.90 Å². The Labute approximate surface area is 212 Å². The van der Waals surface area contributed by atoms with Gasteiger partial charge in [-0.25, -0.2) is 4.98 Å². The molecule has 0 bridgehead atoms. The van der Waals surface area contributed by atoms with Gasteiger partial charge in [-0.2, -0.15) is 0 Å². The number of hydrogen-bond acceptors (Lipinski definition) is 5. The first-order valence-corrected chi connectivity index (χ1v) is 13.0. The zero-order valence-electron chi connectivity index (χ0n) is 20.6. The minimum atomic E-state index is -0.538. The second kappa shape index (κ2) is 10.4. The number of aliphatic hydroxyl groups excluding tert-OH is 1. The molecule has 1 saturated heterocycles. The summed E-state index contributed by atoms with van der Waals surface area (Å²) in [7, 11) is 0. The van der Waals surface area contributed by atoms with Crippen molar-refractivity contribution in [2.24, 2.45) is 0 Å². The zero-order valence-corrected chi connectivity index (χ0v) is 20.6. The van der Waals surface area contributed by atoms with Crippen molar-refractivity contribution in [2.45, 2.75) is 38.0 Å². The molecule has 0 amide bonds. The van der Waals surface area contributed by atoms with Crippen molar-refractivity contribution in [1.82, 2.24) is 14.5 Å². The number of ether oxygens (including phenoxy) is 2. The summed E-state index contributed by atoms with van der Waals surface area (Å²) >= 11 is 0. The zero-order chi connectivity index (χ0) is 24.3. The molecule has 2 aliphatic rings. The number of benzene rings is 3. The van der Waals surface area contributed by atoms with Gasteiger partial charge in [0.25, 0.3) is 0 Å². The third-order valence-corrected chi connectivity index (χ3v) is 7.45. The highest BCUT2D eigenvalue weighted by Crippen LogP contribution is 2.30. The minimum absolute atomic E-state index is 0.275. The maximum Gasteiger partial charge on any atom is 0.120 e. The summed E-state index contributed by atoms with van der Waals surface area (Å²) in [5, 5.41) is 10.7. The van der Waals surface area contributed by atoms with E-state index in [1.54, 1.807) is 0 Å². The normalized spacial score (nSPS) is 17.7. The highest BCUT2D eigenvalue weighted by Gasteiger charge is 2.20. The van der Waals surface area contributed by atoms with Crippen LogP contribution >= 0.6 is 0 Å². The van der Waals surface area contributed by atoms with Crippen LogP contribution in [-0.4, -0.2) is 58.6 Å². The molecule has 0 radical (unpaired) electrons. The first-order valence-electron chi connectivity index (χ1n) is 13.0. The molecule has 0 spiro atoms. The smallest absolute Gasteiger partial charge is 0.120 e. The van der Waals surface area contributed by atoms with E-state index < -0.39 is 6.10 Å². The fourth-order valence-electron chi connectivity index (χ4n) is 5.48. The van der Waals surface area contributed by atoms with Crippen molar-refractivity contribution in [3.05, 3.63) is 84.2 Å². The molecular formula is C30H33N3O3. The first-order chi connectivity index (χ1) is 17.7. The highest BCUT2D eigenvalue weighted by molar-refractivity contribution is 5.82. The Kier molecular flexibility index (Phi) is 6.73. The van der Waals surface area contributed by atoms with Gasteiger partial charge in [0.1, 0.15) is 18.5 Å². The average Bonchev–Trinajstić information content (AvgIpc) is 3.36.